The molecule has 36 heavy (non-hydrogen) atoms. The first-order valence-electron chi connectivity index (χ1n) is 12.6. The zero-order chi connectivity index (χ0) is 26.1. The SMILES string of the molecule is Cc1cn(COCCS(C)(C)C)c2nccc(Oc3ccc4c(c3)CC(C(=O)OC(C)(C)C)CC4)c12. The summed E-state index contributed by atoms with van der Waals surface area (Å²) in [6.07, 6.45) is 13.1. The van der Waals surface area contributed by atoms with Gasteiger partial charge in [-0.25, -0.2) is 15.0 Å². The van der Waals surface area contributed by atoms with Gasteiger partial charge in [-0.1, -0.05) is 6.07 Å². The standard InChI is InChI=1S/C29H40N2O4S/c1-20-18-31(19-33-14-15-36(5,6)7)27-26(20)25(12-13-30-27)34-24-11-10-21-8-9-22(16-23(21)17-24)28(32)35-29(2,3)4/h10-13,17-18,22H,8-9,14-16,19H2,1-7H3. The number of aromatic nitrogens is 2. The summed E-state index contributed by atoms with van der Waals surface area (Å²) in [4.78, 5) is 17.3. The van der Waals surface area contributed by atoms with E-state index in [2.05, 4.69) is 49.0 Å². The second-order valence-electron chi connectivity index (χ2n) is 11.6. The van der Waals surface area contributed by atoms with E-state index in [0.717, 1.165) is 58.9 Å². The summed E-state index contributed by atoms with van der Waals surface area (Å²) >= 11 is 0. The topological polar surface area (TPSA) is 62.6 Å². The Bertz CT molecular complexity index is 1240. The molecule has 0 radical (unpaired) electrons. The zero-order valence-corrected chi connectivity index (χ0v) is 23.5. The monoisotopic (exact) mass is 512 g/mol. The second kappa shape index (κ2) is 10.5. The largest absolute Gasteiger partial charge is 0.460 e. The number of ether oxygens (including phenoxy) is 3. The van der Waals surface area contributed by atoms with Crippen molar-refractivity contribution in [2.24, 2.45) is 5.92 Å². The van der Waals surface area contributed by atoms with E-state index in [0.29, 0.717) is 13.2 Å². The van der Waals surface area contributed by atoms with Gasteiger partial charge in [0.15, 0.2) is 0 Å². The van der Waals surface area contributed by atoms with E-state index in [1.165, 1.54) is 5.56 Å². The molecular formula is C29H40N2O4S. The lowest BCUT2D eigenvalue weighted by Gasteiger charge is -2.27. The minimum absolute atomic E-state index is 0.113. The van der Waals surface area contributed by atoms with Crippen LogP contribution in [0.15, 0.2) is 36.7 Å². The predicted octanol–water partition coefficient (Wildman–Crippen LogP) is 6.25. The van der Waals surface area contributed by atoms with Gasteiger partial charge in [-0.2, -0.15) is 0 Å². The average molecular weight is 513 g/mol. The summed E-state index contributed by atoms with van der Waals surface area (Å²) in [5.74, 6) is 2.40. The van der Waals surface area contributed by atoms with Gasteiger partial charge in [0.2, 0.25) is 0 Å². The number of hydrogen-bond donors (Lipinski definition) is 0. The lowest BCUT2D eigenvalue weighted by atomic mass is 9.84. The van der Waals surface area contributed by atoms with Crippen LogP contribution < -0.4 is 4.74 Å². The quantitative estimate of drug-likeness (QED) is 0.264. The van der Waals surface area contributed by atoms with Crippen LogP contribution >= 0.6 is 10.0 Å². The molecule has 0 bridgehead atoms. The maximum atomic E-state index is 12.7. The van der Waals surface area contributed by atoms with Crippen molar-refractivity contribution in [3.05, 3.63) is 53.3 Å². The smallest absolute Gasteiger partial charge is 0.309 e. The van der Waals surface area contributed by atoms with Crippen LogP contribution in [-0.2, 0) is 33.8 Å². The van der Waals surface area contributed by atoms with Crippen molar-refractivity contribution < 1.29 is 19.0 Å². The van der Waals surface area contributed by atoms with Crippen molar-refractivity contribution in [3.8, 4) is 11.5 Å². The molecule has 0 aliphatic heterocycles. The van der Waals surface area contributed by atoms with Crippen LogP contribution in [0.4, 0.5) is 0 Å². The second-order valence-corrected chi connectivity index (χ2v) is 16.2. The van der Waals surface area contributed by atoms with Crippen molar-refractivity contribution >= 4 is 27.0 Å². The highest BCUT2D eigenvalue weighted by Crippen LogP contribution is 2.36. The van der Waals surface area contributed by atoms with Crippen molar-refractivity contribution in [3.63, 3.8) is 0 Å². The molecule has 196 valence electrons. The molecule has 1 aromatic carbocycles. The van der Waals surface area contributed by atoms with Gasteiger partial charge in [-0.05, 0) is 101 Å². The van der Waals surface area contributed by atoms with E-state index in [4.69, 9.17) is 14.2 Å². The van der Waals surface area contributed by atoms with E-state index in [1.807, 2.05) is 37.5 Å². The Kier molecular flexibility index (Phi) is 7.72. The van der Waals surface area contributed by atoms with Crippen LogP contribution in [0.5, 0.6) is 11.5 Å². The Balaban J connectivity index is 1.50. The van der Waals surface area contributed by atoms with Crippen molar-refractivity contribution in [1.29, 1.82) is 0 Å². The van der Waals surface area contributed by atoms with Crippen LogP contribution in [0.2, 0.25) is 0 Å². The molecule has 1 aliphatic rings. The van der Waals surface area contributed by atoms with Gasteiger partial charge in [-0.15, -0.1) is 0 Å². The molecule has 1 atom stereocenters. The summed E-state index contributed by atoms with van der Waals surface area (Å²) in [7, 11) is -0.576. The zero-order valence-electron chi connectivity index (χ0n) is 22.7. The third kappa shape index (κ3) is 6.62. The van der Waals surface area contributed by atoms with Crippen LogP contribution in [0.1, 0.15) is 43.9 Å². The van der Waals surface area contributed by atoms with Gasteiger partial charge in [0.25, 0.3) is 0 Å². The molecule has 0 fully saturated rings. The molecule has 0 saturated heterocycles. The van der Waals surface area contributed by atoms with E-state index in [9.17, 15) is 4.79 Å². The Hall–Kier alpha value is -2.51. The van der Waals surface area contributed by atoms with Crippen LogP contribution in [0.3, 0.4) is 0 Å². The summed E-state index contributed by atoms with van der Waals surface area (Å²) in [5.41, 5.74) is 3.92. The molecule has 0 amide bonds. The molecule has 0 spiro atoms. The van der Waals surface area contributed by atoms with Gasteiger partial charge < -0.3 is 18.8 Å². The molecule has 4 rings (SSSR count). The minimum atomic E-state index is -0.576. The number of fused-ring (bicyclic) bond motifs is 2. The van der Waals surface area contributed by atoms with Gasteiger partial charge in [0.1, 0.15) is 29.5 Å². The number of aryl methyl sites for hydroxylation is 2. The van der Waals surface area contributed by atoms with E-state index in [1.54, 1.807) is 6.20 Å². The number of nitrogens with zero attached hydrogens (tertiary/aromatic N) is 2. The highest BCUT2D eigenvalue weighted by molar-refractivity contribution is 8.32. The average Bonchev–Trinajstić information content (AvgIpc) is 3.11. The number of carbonyl (C=O) groups excluding carboxylic acids is 1. The molecule has 1 unspecified atom stereocenters. The third-order valence-electron chi connectivity index (χ3n) is 6.35. The molecule has 2 heterocycles. The molecule has 6 nitrogen and oxygen atoms in total. The first-order valence-corrected chi connectivity index (χ1v) is 15.6. The molecule has 0 saturated carbocycles. The molecule has 3 aromatic rings. The Labute approximate surface area is 216 Å². The fraction of sp³-hybridized carbons (Fsp3) is 0.517. The maximum Gasteiger partial charge on any atom is 0.309 e. The first kappa shape index (κ1) is 26.6. The predicted molar refractivity (Wildman–Crippen MR) is 149 cm³/mol. The lowest BCUT2D eigenvalue weighted by molar-refractivity contribution is -0.160. The molecule has 0 N–H and O–H groups in total. The summed E-state index contributed by atoms with van der Waals surface area (Å²) in [6.45, 7) is 9.03. The number of benzene rings is 1. The lowest BCUT2D eigenvalue weighted by Crippen LogP contribution is -2.31. The number of rotatable bonds is 8. The number of hydrogen-bond acceptors (Lipinski definition) is 5. The summed E-state index contributed by atoms with van der Waals surface area (Å²) in [6, 6.07) is 8.12. The Morgan fingerprint density at radius 3 is 2.67 bits per heavy atom. The van der Waals surface area contributed by atoms with Crippen molar-refractivity contribution in [2.75, 3.05) is 31.1 Å². The maximum absolute atomic E-state index is 12.7. The van der Waals surface area contributed by atoms with Crippen LogP contribution in [-0.4, -0.2) is 52.2 Å². The Morgan fingerprint density at radius 1 is 1.17 bits per heavy atom. The third-order valence-corrected chi connectivity index (χ3v) is 7.74. The highest BCUT2D eigenvalue weighted by atomic mass is 32.3. The van der Waals surface area contributed by atoms with Gasteiger partial charge >= 0.3 is 5.97 Å². The van der Waals surface area contributed by atoms with E-state index >= 15 is 0 Å². The van der Waals surface area contributed by atoms with Crippen LogP contribution in [0.25, 0.3) is 11.0 Å². The molecular weight excluding hydrogens is 472 g/mol. The number of pyridine rings is 1. The minimum Gasteiger partial charge on any atom is -0.460 e. The summed E-state index contributed by atoms with van der Waals surface area (Å²) in [5, 5.41) is 0.992. The number of esters is 1. The highest BCUT2D eigenvalue weighted by Gasteiger charge is 2.29. The van der Waals surface area contributed by atoms with Gasteiger partial charge in [0.05, 0.1) is 17.9 Å². The van der Waals surface area contributed by atoms with Crippen molar-refractivity contribution in [2.45, 2.75) is 59.3 Å². The van der Waals surface area contributed by atoms with Gasteiger partial charge in [-0.3, -0.25) is 4.79 Å². The molecule has 7 heteroatoms. The van der Waals surface area contributed by atoms with Gasteiger partial charge in [0, 0.05) is 18.1 Å². The molecule has 2 aromatic heterocycles. The fourth-order valence-electron chi connectivity index (χ4n) is 4.55. The Morgan fingerprint density at radius 2 is 1.94 bits per heavy atom. The molecule has 1 aliphatic carbocycles. The van der Waals surface area contributed by atoms with E-state index in [-0.39, 0.29) is 11.9 Å². The normalized spacial score (nSPS) is 16.6. The summed E-state index contributed by atoms with van der Waals surface area (Å²) < 4.78 is 20.0. The first-order chi connectivity index (χ1) is 16.9. The fourth-order valence-corrected chi connectivity index (χ4v) is 5.16. The van der Waals surface area contributed by atoms with E-state index < -0.39 is 15.6 Å². The number of carbonyl (C=O) groups is 1. The van der Waals surface area contributed by atoms with Crippen LogP contribution in [0, 0.1) is 12.8 Å². The van der Waals surface area contributed by atoms with Crippen molar-refractivity contribution in [1.82, 2.24) is 9.55 Å².